The minimum atomic E-state index is -0.386. The van der Waals surface area contributed by atoms with Crippen molar-refractivity contribution in [2.45, 2.75) is 27.2 Å². The van der Waals surface area contributed by atoms with Crippen LogP contribution in [0.25, 0.3) is 0 Å². The molecular weight excluding hydrogens is 200 g/mol. The summed E-state index contributed by atoms with van der Waals surface area (Å²) in [6.45, 7) is 5.78. The fourth-order valence-corrected chi connectivity index (χ4v) is 1.13. The van der Waals surface area contributed by atoms with Crippen molar-refractivity contribution >= 4 is 11.6 Å². The third-order valence-corrected chi connectivity index (χ3v) is 2.75. The van der Waals surface area contributed by atoms with Crippen LogP contribution < -0.4 is 5.32 Å². The lowest BCUT2D eigenvalue weighted by Gasteiger charge is -2.21. The van der Waals surface area contributed by atoms with Gasteiger partial charge in [-0.05, 0) is 24.6 Å². The molecule has 1 aromatic carbocycles. The first-order valence-corrected chi connectivity index (χ1v) is 5.31. The standard InChI is InChI=1S/C13H16N2O/c1-4-13(2,3)12(16)15-11-7-5-6-10(8-11)9-14/h5-8H,4H2,1-3H3,(H,15,16). The maximum atomic E-state index is 11.9. The van der Waals surface area contributed by atoms with Crippen LogP contribution in [0.15, 0.2) is 24.3 Å². The van der Waals surface area contributed by atoms with E-state index in [1.165, 1.54) is 0 Å². The maximum Gasteiger partial charge on any atom is 0.230 e. The van der Waals surface area contributed by atoms with E-state index in [1.54, 1.807) is 24.3 Å². The summed E-state index contributed by atoms with van der Waals surface area (Å²) in [6, 6.07) is 8.96. The molecular formula is C13H16N2O. The Bertz CT molecular complexity index is 430. The monoisotopic (exact) mass is 216 g/mol. The van der Waals surface area contributed by atoms with Crippen LogP contribution in [0.2, 0.25) is 0 Å². The summed E-state index contributed by atoms with van der Waals surface area (Å²) < 4.78 is 0. The Balaban J connectivity index is 2.82. The van der Waals surface area contributed by atoms with Crippen molar-refractivity contribution in [3.05, 3.63) is 29.8 Å². The third-order valence-electron chi connectivity index (χ3n) is 2.75. The molecule has 16 heavy (non-hydrogen) atoms. The SMILES string of the molecule is CCC(C)(C)C(=O)Nc1cccc(C#N)c1. The number of nitrogens with zero attached hydrogens (tertiary/aromatic N) is 1. The van der Waals surface area contributed by atoms with E-state index in [9.17, 15) is 4.79 Å². The van der Waals surface area contributed by atoms with Gasteiger partial charge in [0.05, 0.1) is 11.6 Å². The predicted molar refractivity (Wildman–Crippen MR) is 63.9 cm³/mol. The molecule has 0 heterocycles. The van der Waals surface area contributed by atoms with Gasteiger partial charge < -0.3 is 5.32 Å². The average molecular weight is 216 g/mol. The van der Waals surface area contributed by atoms with Crippen LogP contribution in [-0.2, 0) is 4.79 Å². The topological polar surface area (TPSA) is 52.9 Å². The maximum absolute atomic E-state index is 11.9. The molecule has 0 aliphatic heterocycles. The smallest absolute Gasteiger partial charge is 0.230 e. The molecule has 3 nitrogen and oxygen atoms in total. The number of carbonyl (C=O) groups excluding carboxylic acids is 1. The lowest BCUT2D eigenvalue weighted by molar-refractivity contribution is -0.124. The van der Waals surface area contributed by atoms with E-state index in [4.69, 9.17) is 5.26 Å². The lowest BCUT2D eigenvalue weighted by Crippen LogP contribution is -2.29. The molecule has 0 saturated heterocycles. The molecule has 0 aliphatic rings. The van der Waals surface area contributed by atoms with Crippen molar-refractivity contribution in [1.82, 2.24) is 0 Å². The number of anilines is 1. The minimum absolute atomic E-state index is 0.0231. The van der Waals surface area contributed by atoms with Crippen molar-refractivity contribution in [3.8, 4) is 6.07 Å². The second-order valence-electron chi connectivity index (χ2n) is 4.38. The van der Waals surface area contributed by atoms with Crippen molar-refractivity contribution < 1.29 is 4.79 Å². The number of hydrogen-bond acceptors (Lipinski definition) is 2. The first-order chi connectivity index (χ1) is 7.49. The fraction of sp³-hybridized carbons (Fsp3) is 0.385. The van der Waals surface area contributed by atoms with Gasteiger partial charge >= 0.3 is 0 Å². The fourth-order valence-electron chi connectivity index (χ4n) is 1.13. The summed E-state index contributed by atoms with van der Waals surface area (Å²) in [5.74, 6) is -0.0231. The zero-order valence-corrected chi connectivity index (χ0v) is 9.87. The van der Waals surface area contributed by atoms with Crippen LogP contribution in [0.1, 0.15) is 32.8 Å². The van der Waals surface area contributed by atoms with Crippen LogP contribution in [-0.4, -0.2) is 5.91 Å². The molecule has 3 heteroatoms. The van der Waals surface area contributed by atoms with Crippen LogP contribution in [0.3, 0.4) is 0 Å². The molecule has 0 atom stereocenters. The summed E-state index contributed by atoms with van der Waals surface area (Å²) >= 11 is 0. The third kappa shape index (κ3) is 2.83. The van der Waals surface area contributed by atoms with Crippen LogP contribution in [0, 0.1) is 16.7 Å². The van der Waals surface area contributed by atoms with E-state index >= 15 is 0 Å². The van der Waals surface area contributed by atoms with Crippen molar-refractivity contribution in [2.75, 3.05) is 5.32 Å². The minimum Gasteiger partial charge on any atom is -0.326 e. The molecule has 0 unspecified atom stereocenters. The Hall–Kier alpha value is -1.82. The number of rotatable bonds is 3. The molecule has 0 aromatic heterocycles. The highest BCUT2D eigenvalue weighted by atomic mass is 16.2. The normalized spacial score (nSPS) is 10.6. The summed E-state index contributed by atoms with van der Waals surface area (Å²) in [5.41, 5.74) is 0.834. The number of amides is 1. The second-order valence-corrected chi connectivity index (χ2v) is 4.38. The van der Waals surface area contributed by atoms with Crippen molar-refractivity contribution in [2.24, 2.45) is 5.41 Å². The summed E-state index contributed by atoms with van der Waals surface area (Å²) in [5, 5.41) is 11.6. The number of benzene rings is 1. The second kappa shape index (κ2) is 4.80. The Morgan fingerprint density at radius 3 is 2.75 bits per heavy atom. The van der Waals surface area contributed by atoms with E-state index in [0.717, 1.165) is 6.42 Å². The van der Waals surface area contributed by atoms with Gasteiger partial charge in [0, 0.05) is 11.1 Å². The van der Waals surface area contributed by atoms with Gasteiger partial charge in [-0.25, -0.2) is 0 Å². The van der Waals surface area contributed by atoms with Crippen molar-refractivity contribution in [1.29, 1.82) is 5.26 Å². The molecule has 0 bridgehead atoms. The zero-order valence-electron chi connectivity index (χ0n) is 9.87. The van der Waals surface area contributed by atoms with Gasteiger partial charge in [-0.3, -0.25) is 4.79 Å². The molecule has 84 valence electrons. The largest absolute Gasteiger partial charge is 0.326 e. The Kier molecular flexibility index (Phi) is 3.68. The van der Waals surface area contributed by atoms with Crippen LogP contribution >= 0.6 is 0 Å². The molecule has 0 aliphatic carbocycles. The highest BCUT2D eigenvalue weighted by molar-refractivity contribution is 5.94. The van der Waals surface area contributed by atoms with Crippen molar-refractivity contribution in [3.63, 3.8) is 0 Å². The molecule has 0 spiro atoms. The summed E-state index contributed by atoms with van der Waals surface area (Å²) in [7, 11) is 0. The van der Waals surface area contributed by atoms with Gasteiger partial charge in [-0.15, -0.1) is 0 Å². The van der Waals surface area contributed by atoms with E-state index < -0.39 is 0 Å². The number of hydrogen-bond donors (Lipinski definition) is 1. The Morgan fingerprint density at radius 1 is 1.50 bits per heavy atom. The Labute approximate surface area is 96.1 Å². The van der Waals surface area contributed by atoms with Gasteiger partial charge in [-0.1, -0.05) is 26.8 Å². The predicted octanol–water partition coefficient (Wildman–Crippen LogP) is 2.93. The molecule has 0 fully saturated rings. The number of carbonyl (C=O) groups is 1. The van der Waals surface area contributed by atoms with E-state index in [-0.39, 0.29) is 11.3 Å². The molecule has 1 N–H and O–H groups in total. The van der Waals surface area contributed by atoms with Crippen LogP contribution in [0.5, 0.6) is 0 Å². The van der Waals surface area contributed by atoms with Gasteiger partial charge in [0.15, 0.2) is 0 Å². The molecule has 1 aromatic rings. The van der Waals surface area contributed by atoms with Gasteiger partial charge in [-0.2, -0.15) is 5.26 Å². The zero-order chi connectivity index (χ0) is 12.2. The number of nitriles is 1. The molecule has 0 radical (unpaired) electrons. The highest BCUT2D eigenvalue weighted by Gasteiger charge is 2.25. The van der Waals surface area contributed by atoms with Gasteiger partial charge in [0.1, 0.15) is 0 Å². The van der Waals surface area contributed by atoms with E-state index in [2.05, 4.69) is 5.32 Å². The highest BCUT2D eigenvalue weighted by Crippen LogP contribution is 2.22. The first-order valence-electron chi connectivity index (χ1n) is 5.31. The van der Waals surface area contributed by atoms with Gasteiger partial charge in [0.2, 0.25) is 5.91 Å². The summed E-state index contributed by atoms with van der Waals surface area (Å²) in [6.07, 6.45) is 0.775. The average Bonchev–Trinajstić information content (AvgIpc) is 2.29. The summed E-state index contributed by atoms with van der Waals surface area (Å²) in [4.78, 5) is 11.9. The molecule has 1 amide bonds. The quantitative estimate of drug-likeness (QED) is 0.844. The molecule has 1 rings (SSSR count). The number of nitrogens with one attached hydrogen (secondary N) is 1. The van der Waals surface area contributed by atoms with E-state index in [0.29, 0.717) is 11.3 Å². The van der Waals surface area contributed by atoms with Crippen LogP contribution in [0.4, 0.5) is 5.69 Å². The lowest BCUT2D eigenvalue weighted by atomic mass is 9.89. The van der Waals surface area contributed by atoms with Gasteiger partial charge in [0.25, 0.3) is 0 Å². The van der Waals surface area contributed by atoms with E-state index in [1.807, 2.05) is 26.8 Å². The first kappa shape index (κ1) is 12.3. The molecule has 0 saturated carbocycles. The Morgan fingerprint density at radius 2 is 2.19 bits per heavy atom.